The largest absolute Gasteiger partial charge is 0.442 e. The number of carbonyl (C=O) groups is 1. The molecule has 3 heterocycles. The Kier molecular flexibility index (Phi) is 4.87. The van der Waals surface area contributed by atoms with Gasteiger partial charge in [-0.25, -0.2) is 4.98 Å². The van der Waals surface area contributed by atoms with Gasteiger partial charge in [-0.3, -0.25) is 9.59 Å². The molecule has 120 valence electrons. The second kappa shape index (κ2) is 6.50. The minimum atomic E-state index is -0.274. The van der Waals surface area contributed by atoms with Crippen LogP contribution in [0.15, 0.2) is 15.5 Å². The third-order valence-electron chi connectivity index (χ3n) is 3.81. The predicted octanol–water partition coefficient (Wildman–Crippen LogP) is 0.739. The molecule has 1 unspecified atom stereocenters. The van der Waals surface area contributed by atoms with E-state index in [0.717, 1.165) is 25.9 Å². The second-order valence-electron chi connectivity index (χ2n) is 5.39. The van der Waals surface area contributed by atoms with Crippen LogP contribution in [0.4, 0.5) is 0 Å². The molecule has 1 aliphatic rings. The zero-order chi connectivity index (χ0) is 15.0. The fourth-order valence-electron chi connectivity index (χ4n) is 2.69. The SMILES string of the molecule is Cc1oc2ncn(C)c(=O)c2c1C(=O)NC1CCCNC1.Cl. The van der Waals surface area contributed by atoms with E-state index < -0.39 is 0 Å². The standard InChI is InChI=1S/C14H18N4O3.ClH/c1-8-10(12(19)17-9-4-3-5-15-6-9)11-13(21-8)16-7-18(2)14(11)20;/h7,9,15H,3-6H2,1-2H3,(H,17,19);1H. The number of aromatic nitrogens is 2. The van der Waals surface area contributed by atoms with Crippen molar-refractivity contribution in [3.05, 3.63) is 28.0 Å². The summed E-state index contributed by atoms with van der Waals surface area (Å²) in [5.41, 5.74) is 0.232. The number of furan rings is 1. The first kappa shape index (κ1) is 16.5. The zero-order valence-electron chi connectivity index (χ0n) is 12.5. The van der Waals surface area contributed by atoms with Gasteiger partial charge in [0.05, 0.1) is 5.56 Å². The van der Waals surface area contributed by atoms with E-state index in [-0.39, 0.29) is 41.0 Å². The Hall–Kier alpha value is -1.86. The molecule has 0 aliphatic carbocycles. The average molecular weight is 327 g/mol. The zero-order valence-corrected chi connectivity index (χ0v) is 13.3. The lowest BCUT2D eigenvalue weighted by molar-refractivity contribution is 0.0930. The highest BCUT2D eigenvalue weighted by Gasteiger charge is 2.24. The van der Waals surface area contributed by atoms with Crippen molar-refractivity contribution in [3.63, 3.8) is 0 Å². The van der Waals surface area contributed by atoms with Crippen molar-refractivity contribution >= 4 is 29.4 Å². The molecule has 2 N–H and O–H groups in total. The second-order valence-corrected chi connectivity index (χ2v) is 5.39. The maximum Gasteiger partial charge on any atom is 0.265 e. The fraction of sp³-hybridized carbons (Fsp3) is 0.500. The van der Waals surface area contributed by atoms with Crippen LogP contribution in [0.2, 0.25) is 0 Å². The molecular weight excluding hydrogens is 308 g/mol. The molecule has 8 heteroatoms. The Balaban J connectivity index is 0.00000176. The van der Waals surface area contributed by atoms with Gasteiger partial charge in [-0.15, -0.1) is 12.4 Å². The van der Waals surface area contributed by atoms with E-state index >= 15 is 0 Å². The number of piperidine rings is 1. The van der Waals surface area contributed by atoms with E-state index in [4.69, 9.17) is 4.42 Å². The molecule has 1 atom stereocenters. The molecule has 22 heavy (non-hydrogen) atoms. The number of carbonyl (C=O) groups excluding carboxylic acids is 1. The lowest BCUT2D eigenvalue weighted by Crippen LogP contribution is -2.45. The number of amides is 1. The van der Waals surface area contributed by atoms with E-state index in [1.165, 1.54) is 10.9 Å². The summed E-state index contributed by atoms with van der Waals surface area (Å²) >= 11 is 0. The summed E-state index contributed by atoms with van der Waals surface area (Å²) in [6, 6.07) is 0.0797. The highest BCUT2D eigenvalue weighted by Crippen LogP contribution is 2.21. The Morgan fingerprint density at radius 1 is 1.55 bits per heavy atom. The van der Waals surface area contributed by atoms with Gasteiger partial charge in [0.2, 0.25) is 5.71 Å². The van der Waals surface area contributed by atoms with Crippen LogP contribution >= 0.6 is 12.4 Å². The average Bonchev–Trinajstić information content (AvgIpc) is 2.81. The van der Waals surface area contributed by atoms with Crippen molar-refractivity contribution < 1.29 is 9.21 Å². The highest BCUT2D eigenvalue weighted by atomic mass is 35.5. The number of nitrogens with one attached hydrogen (secondary N) is 2. The predicted molar refractivity (Wildman–Crippen MR) is 84.6 cm³/mol. The van der Waals surface area contributed by atoms with Crippen molar-refractivity contribution in [1.29, 1.82) is 0 Å². The molecule has 7 nitrogen and oxygen atoms in total. The van der Waals surface area contributed by atoms with Crippen molar-refractivity contribution in [2.45, 2.75) is 25.8 Å². The van der Waals surface area contributed by atoms with E-state index in [0.29, 0.717) is 11.3 Å². The number of hydrogen-bond acceptors (Lipinski definition) is 5. The van der Waals surface area contributed by atoms with Gasteiger partial charge in [0, 0.05) is 19.6 Å². The quantitative estimate of drug-likeness (QED) is 0.849. The maximum absolute atomic E-state index is 12.5. The van der Waals surface area contributed by atoms with Crippen molar-refractivity contribution in [3.8, 4) is 0 Å². The van der Waals surface area contributed by atoms with Gasteiger partial charge in [0.1, 0.15) is 17.5 Å². The molecule has 1 saturated heterocycles. The van der Waals surface area contributed by atoms with Crippen LogP contribution in [0, 0.1) is 6.92 Å². The first-order valence-electron chi connectivity index (χ1n) is 7.04. The normalized spacial score (nSPS) is 18.0. The molecule has 0 spiro atoms. The van der Waals surface area contributed by atoms with Crippen LogP contribution in [0.3, 0.4) is 0 Å². The van der Waals surface area contributed by atoms with Crippen molar-refractivity contribution in [2.75, 3.05) is 13.1 Å². The van der Waals surface area contributed by atoms with Crippen LogP contribution in [-0.2, 0) is 7.05 Å². The Morgan fingerprint density at radius 3 is 3.00 bits per heavy atom. The number of fused-ring (bicyclic) bond motifs is 1. The van der Waals surface area contributed by atoms with E-state index in [9.17, 15) is 9.59 Å². The van der Waals surface area contributed by atoms with Gasteiger partial charge < -0.3 is 19.6 Å². The minimum Gasteiger partial charge on any atom is -0.442 e. The van der Waals surface area contributed by atoms with Crippen LogP contribution in [0.5, 0.6) is 0 Å². The minimum absolute atomic E-state index is 0. The topological polar surface area (TPSA) is 89.2 Å². The summed E-state index contributed by atoms with van der Waals surface area (Å²) in [6.45, 7) is 3.40. The molecule has 1 aliphatic heterocycles. The molecule has 0 saturated carbocycles. The highest BCUT2D eigenvalue weighted by molar-refractivity contribution is 6.06. The van der Waals surface area contributed by atoms with Gasteiger partial charge in [-0.05, 0) is 26.3 Å². The molecule has 1 amide bonds. The Labute approximate surface area is 133 Å². The number of halogens is 1. The van der Waals surface area contributed by atoms with E-state index in [1.807, 2.05) is 0 Å². The third-order valence-corrected chi connectivity index (χ3v) is 3.81. The van der Waals surface area contributed by atoms with Gasteiger partial charge in [0.15, 0.2) is 0 Å². The summed E-state index contributed by atoms with van der Waals surface area (Å²) in [7, 11) is 1.60. The molecule has 2 aromatic rings. The monoisotopic (exact) mass is 326 g/mol. The lowest BCUT2D eigenvalue weighted by atomic mass is 10.1. The van der Waals surface area contributed by atoms with Gasteiger partial charge >= 0.3 is 0 Å². The van der Waals surface area contributed by atoms with Crippen LogP contribution in [0.25, 0.3) is 11.1 Å². The van der Waals surface area contributed by atoms with Crippen molar-refractivity contribution in [2.24, 2.45) is 7.05 Å². The smallest absolute Gasteiger partial charge is 0.265 e. The number of rotatable bonds is 2. The van der Waals surface area contributed by atoms with Crippen LogP contribution in [0.1, 0.15) is 29.0 Å². The van der Waals surface area contributed by atoms with Gasteiger partial charge in [-0.2, -0.15) is 0 Å². The number of hydrogen-bond donors (Lipinski definition) is 2. The Bertz CT molecular complexity index is 746. The molecular formula is C14H19ClN4O3. The number of nitrogens with zero attached hydrogens (tertiary/aromatic N) is 2. The summed E-state index contributed by atoms with van der Waals surface area (Å²) in [6.07, 6.45) is 3.35. The molecule has 2 aromatic heterocycles. The van der Waals surface area contributed by atoms with Crippen molar-refractivity contribution in [1.82, 2.24) is 20.2 Å². The van der Waals surface area contributed by atoms with E-state index in [1.54, 1.807) is 14.0 Å². The maximum atomic E-state index is 12.5. The third kappa shape index (κ3) is 2.86. The first-order valence-corrected chi connectivity index (χ1v) is 7.04. The molecule has 0 aromatic carbocycles. The molecule has 0 bridgehead atoms. The summed E-state index contributed by atoms with van der Waals surface area (Å²) in [4.78, 5) is 28.8. The lowest BCUT2D eigenvalue weighted by Gasteiger charge is -2.23. The summed E-state index contributed by atoms with van der Waals surface area (Å²) in [5, 5.41) is 6.45. The van der Waals surface area contributed by atoms with Crippen LogP contribution < -0.4 is 16.2 Å². The first-order chi connectivity index (χ1) is 10.1. The molecule has 1 fully saturated rings. The fourth-order valence-corrected chi connectivity index (χ4v) is 2.69. The Morgan fingerprint density at radius 2 is 2.32 bits per heavy atom. The van der Waals surface area contributed by atoms with E-state index in [2.05, 4.69) is 15.6 Å². The van der Waals surface area contributed by atoms with Gasteiger partial charge in [0.25, 0.3) is 11.5 Å². The summed E-state index contributed by atoms with van der Waals surface area (Å²) < 4.78 is 6.79. The van der Waals surface area contributed by atoms with Gasteiger partial charge in [-0.1, -0.05) is 0 Å². The molecule has 0 radical (unpaired) electrons. The molecule has 3 rings (SSSR count). The number of aryl methyl sites for hydroxylation is 2. The van der Waals surface area contributed by atoms with Crippen LogP contribution in [-0.4, -0.2) is 34.6 Å². The summed E-state index contributed by atoms with van der Waals surface area (Å²) in [5.74, 6) is 0.145.